The summed E-state index contributed by atoms with van der Waals surface area (Å²) in [5.41, 5.74) is 0.622. The van der Waals surface area contributed by atoms with Crippen molar-refractivity contribution in [3.63, 3.8) is 0 Å². The zero-order valence-electron chi connectivity index (χ0n) is 8.01. The Hall–Kier alpha value is -1.97. The second-order valence-electron chi connectivity index (χ2n) is 2.99. The normalized spacial score (nSPS) is 15.6. The number of carbonyl (C=O) groups excluding carboxylic acids is 1. The van der Waals surface area contributed by atoms with Gasteiger partial charge in [0.2, 0.25) is 6.79 Å². The number of carbonyl (C=O) groups is 1. The van der Waals surface area contributed by atoms with Crippen LogP contribution >= 0.6 is 0 Å². The minimum absolute atomic E-state index is 0.132. The Balaban J connectivity index is 1.77. The highest BCUT2D eigenvalue weighted by molar-refractivity contribution is 5.74. The maximum Gasteiger partial charge on any atom is 0.230 e. The molecule has 0 atom stereocenters. The van der Waals surface area contributed by atoms with Crippen LogP contribution < -0.4 is 4.74 Å². The van der Waals surface area contributed by atoms with Gasteiger partial charge in [0.05, 0.1) is 0 Å². The Labute approximate surface area is 87.1 Å². The Morgan fingerprint density at radius 1 is 1.33 bits per heavy atom. The molecule has 0 amide bonds. The van der Waals surface area contributed by atoms with Crippen LogP contribution in [0, 0.1) is 0 Å². The van der Waals surface area contributed by atoms with E-state index in [1.165, 1.54) is 6.26 Å². The molecule has 1 aromatic carbocycles. The van der Waals surface area contributed by atoms with Crippen LogP contribution in [0.4, 0.5) is 0 Å². The highest BCUT2D eigenvalue weighted by Gasteiger charge is 2.12. The molecule has 0 aromatic heterocycles. The number of aldehydes is 1. The highest BCUT2D eigenvalue weighted by atomic mass is 16.7. The first-order valence-corrected chi connectivity index (χ1v) is 4.50. The summed E-state index contributed by atoms with van der Waals surface area (Å²) in [5.74, 6) is 1.49. The molecule has 78 valence electrons. The van der Waals surface area contributed by atoms with Gasteiger partial charge in [-0.3, -0.25) is 4.79 Å². The molecule has 1 aliphatic rings. The van der Waals surface area contributed by atoms with Crippen molar-refractivity contribution >= 4 is 6.29 Å². The van der Waals surface area contributed by atoms with E-state index in [0.717, 1.165) is 12.0 Å². The molecule has 15 heavy (non-hydrogen) atoms. The van der Waals surface area contributed by atoms with Crippen LogP contribution in [0.25, 0.3) is 0 Å². The van der Waals surface area contributed by atoms with E-state index in [9.17, 15) is 4.79 Å². The summed E-state index contributed by atoms with van der Waals surface area (Å²) in [6.07, 6.45) is 2.31. The van der Waals surface area contributed by atoms with Gasteiger partial charge in [-0.15, -0.1) is 0 Å². The molecule has 1 saturated heterocycles. The molecule has 0 spiro atoms. The molecule has 0 unspecified atom stereocenters. The van der Waals surface area contributed by atoms with E-state index in [4.69, 9.17) is 14.2 Å². The van der Waals surface area contributed by atoms with Crippen LogP contribution in [0.15, 0.2) is 36.3 Å². The monoisotopic (exact) mass is 206 g/mol. The van der Waals surface area contributed by atoms with E-state index in [-0.39, 0.29) is 6.79 Å². The Bertz CT molecular complexity index is 361. The first-order valence-electron chi connectivity index (χ1n) is 4.50. The number of rotatable bonds is 5. The predicted octanol–water partition coefficient (Wildman–Crippen LogP) is 1.72. The summed E-state index contributed by atoms with van der Waals surface area (Å²) >= 11 is 0. The molecule has 1 heterocycles. The van der Waals surface area contributed by atoms with Gasteiger partial charge in [-0.1, -0.05) is 0 Å². The minimum atomic E-state index is 0.132. The number of epoxide rings is 1. The van der Waals surface area contributed by atoms with Gasteiger partial charge in [0.25, 0.3) is 0 Å². The maximum atomic E-state index is 10.4. The van der Waals surface area contributed by atoms with E-state index in [2.05, 4.69) is 0 Å². The molecule has 0 aliphatic carbocycles. The third-order valence-electron chi connectivity index (χ3n) is 1.84. The summed E-state index contributed by atoms with van der Waals surface area (Å²) in [6.45, 7) is 0.779. The summed E-state index contributed by atoms with van der Waals surface area (Å²) in [6, 6.07) is 6.80. The van der Waals surface area contributed by atoms with E-state index in [0.29, 0.717) is 17.9 Å². The topological polar surface area (TPSA) is 48.1 Å². The fourth-order valence-electron chi connectivity index (χ4n) is 0.981. The van der Waals surface area contributed by atoms with Crippen molar-refractivity contribution < 1.29 is 19.0 Å². The standard InChI is InChI=1S/C11H10O4/c12-5-9-1-3-10(4-2-9)15-8-13-6-11-7-14-11/h1-6H,7-8H2/b11-6+. The first-order chi connectivity index (χ1) is 7.38. The molecule has 0 bridgehead atoms. The largest absolute Gasteiger partial charge is 0.483 e. The summed E-state index contributed by atoms with van der Waals surface area (Å²) in [7, 11) is 0. The second-order valence-corrected chi connectivity index (χ2v) is 2.99. The first kappa shape index (κ1) is 9.58. The molecule has 1 aliphatic heterocycles. The van der Waals surface area contributed by atoms with Crippen molar-refractivity contribution in [2.45, 2.75) is 0 Å². The van der Waals surface area contributed by atoms with Gasteiger partial charge in [-0.25, -0.2) is 0 Å². The average molecular weight is 206 g/mol. The van der Waals surface area contributed by atoms with Gasteiger partial charge in [-0.2, -0.15) is 0 Å². The van der Waals surface area contributed by atoms with Crippen molar-refractivity contribution in [2.24, 2.45) is 0 Å². The molecule has 1 aromatic rings. The number of hydrogen-bond acceptors (Lipinski definition) is 4. The predicted molar refractivity (Wildman–Crippen MR) is 52.4 cm³/mol. The van der Waals surface area contributed by atoms with Crippen LogP contribution in [-0.4, -0.2) is 19.7 Å². The second kappa shape index (κ2) is 4.50. The zero-order chi connectivity index (χ0) is 10.5. The average Bonchev–Trinajstić information content (AvgIpc) is 3.09. The quantitative estimate of drug-likeness (QED) is 0.242. The molecule has 0 radical (unpaired) electrons. The third-order valence-corrected chi connectivity index (χ3v) is 1.84. The molecule has 0 saturated carbocycles. The lowest BCUT2D eigenvalue weighted by molar-refractivity contribution is 0.0783. The Morgan fingerprint density at radius 2 is 2.07 bits per heavy atom. The summed E-state index contributed by atoms with van der Waals surface area (Å²) in [4.78, 5) is 10.4. The highest BCUT2D eigenvalue weighted by Crippen LogP contribution is 2.14. The number of benzene rings is 1. The Morgan fingerprint density at radius 3 is 2.67 bits per heavy atom. The third kappa shape index (κ3) is 3.02. The maximum absolute atomic E-state index is 10.4. The summed E-state index contributed by atoms with van der Waals surface area (Å²) in [5, 5.41) is 0. The van der Waals surface area contributed by atoms with Crippen LogP contribution in [0.1, 0.15) is 10.4 Å². The van der Waals surface area contributed by atoms with E-state index in [1.54, 1.807) is 24.3 Å². The van der Waals surface area contributed by atoms with E-state index < -0.39 is 0 Å². The van der Waals surface area contributed by atoms with Crippen LogP contribution in [-0.2, 0) is 9.47 Å². The minimum Gasteiger partial charge on any atom is -0.483 e. The van der Waals surface area contributed by atoms with E-state index in [1.807, 2.05) is 0 Å². The van der Waals surface area contributed by atoms with Crippen LogP contribution in [0.3, 0.4) is 0 Å². The fraction of sp³-hybridized carbons (Fsp3) is 0.182. The van der Waals surface area contributed by atoms with E-state index >= 15 is 0 Å². The molecular formula is C11H10O4. The van der Waals surface area contributed by atoms with Crippen molar-refractivity contribution in [1.82, 2.24) is 0 Å². The lowest BCUT2D eigenvalue weighted by Gasteiger charge is -2.04. The molecular weight excluding hydrogens is 196 g/mol. The van der Waals surface area contributed by atoms with Crippen LogP contribution in [0.2, 0.25) is 0 Å². The zero-order valence-corrected chi connectivity index (χ0v) is 8.01. The van der Waals surface area contributed by atoms with Crippen molar-refractivity contribution in [1.29, 1.82) is 0 Å². The lowest BCUT2D eigenvalue weighted by Crippen LogP contribution is -1.98. The molecule has 1 fully saturated rings. The molecule has 4 nitrogen and oxygen atoms in total. The molecule has 2 rings (SSSR count). The number of hydrogen-bond donors (Lipinski definition) is 0. The Kier molecular flexibility index (Phi) is 2.88. The van der Waals surface area contributed by atoms with Gasteiger partial charge in [0.1, 0.15) is 24.9 Å². The van der Waals surface area contributed by atoms with Gasteiger partial charge in [0.15, 0.2) is 5.76 Å². The SMILES string of the molecule is O=Cc1ccc(OCO/C=C2\CO2)cc1. The van der Waals surface area contributed by atoms with Gasteiger partial charge >= 0.3 is 0 Å². The number of ether oxygens (including phenoxy) is 3. The smallest absolute Gasteiger partial charge is 0.230 e. The van der Waals surface area contributed by atoms with Crippen molar-refractivity contribution in [3.8, 4) is 5.75 Å². The van der Waals surface area contributed by atoms with Crippen molar-refractivity contribution in [3.05, 3.63) is 41.9 Å². The van der Waals surface area contributed by atoms with Crippen molar-refractivity contribution in [2.75, 3.05) is 13.4 Å². The van der Waals surface area contributed by atoms with Gasteiger partial charge in [0, 0.05) is 5.56 Å². The van der Waals surface area contributed by atoms with Gasteiger partial charge in [-0.05, 0) is 24.3 Å². The van der Waals surface area contributed by atoms with Crippen LogP contribution in [0.5, 0.6) is 5.75 Å². The lowest BCUT2D eigenvalue weighted by atomic mass is 10.2. The van der Waals surface area contributed by atoms with Gasteiger partial charge < -0.3 is 14.2 Å². The fourth-order valence-corrected chi connectivity index (χ4v) is 0.981. The molecule has 0 N–H and O–H groups in total. The summed E-state index contributed by atoms with van der Waals surface area (Å²) < 4.78 is 15.1. The molecule has 4 heteroatoms.